The van der Waals surface area contributed by atoms with Crippen molar-refractivity contribution in [3.63, 3.8) is 0 Å². The van der Waals surface area contributed by atoms with Crippen LogP contribution in [0.3, 0.4) is 0 Å². The van der Waals surface area contributed by atoms with Gasteiger partial charge in [0.1, 0.15) is 11.6 Å². The maximum Gasteiger partial charge on any atom is 0.183 e. The van der Waals surface area contributed by atoms with Crippen LogP contribution in [0.15, 0.2) is 48.6 Å². The quantitative estimate of drug-likeness (QED) is 0.393. The van der Waals surface area contributed by atoms with Crippen molar-refractivity contribution in [1.82, 2.24) is 0 Å². The third kappa shape index (κ3) is 5.88. The summed E-state index contributed by atoms with van der Waals surface area (Å²) in [4.78, 5) is 0. The van der Waals surface area contributed by atoms with Gasteiger partial charge in [0.15, 0.2) is 6.29 Å². The lowest BCUT2D eigenvalue weighted by Gasteiger charge is -2.29. The first kappa shape index (κ1) is 24.0. The van der Waals surface area contributed by atoms with Crippen LogP contribution < -0.4 is 0 Å². The third-order valence-electron chi connectivity index (χ3n) is 7.03. The van der Waals surface area contributed by atoms with Crippen LogP contribution in [0.5, 0.6) is 0 Å². The van der Waals surface area contributed by atoms with Gasteiger partial charge in [0, 0.05) is 17.0 Å². The van der Waals surface area contributed by atoms with Gasteiger partial charge in [0.2, 0.25) is 0 Å². The van der Waals surface area contributed by atoms with E-state index >= 15 is 0 Å². The van der Waals surface area contributed by atoms with E-state index in [4.69, 9.17) is 9.47 Å². The summed E-state index contributed by atoms with van der Waals surface area (Å²) >= 11 is 0. The van der Waals surface area contributed by atoms with E-state index in [0.29, 0.717) is 41.4 Å². The normalized spacial score (nSPS) is 26.1. The highest BCUT2D eigenvalue weighted by Crippen LogP contribution is 2.38. The summed E-state index contributed by atoms with van der Waals surface area (Å²) < 4.78 is 54.4. The second-order valence-electron chi connectivity index (χ2n) is 9.36. The van der Waals surface area contributed by atoms with Gasteiger partial charge >= 0.3 is 0 Å². The Morgan fingerprint density at radius 3 is 2.30 bits per heavy atom. The Kier molecular flexibility index (Phi) is 8.26. The molecule has 1 heterocycles. The molecule has 0 spiro atoms. The molecular weight excluding hydrogens is 425 g/mol. The molecule has 0 radical (unpaired) electrons. The average molecular weight is 459 g/mol. The monoisotopic (exact) mass is 458 g/mol. The largest absolute Gasteiger partial charge is 0.348 e. The average Bonchev–Trinajstić information content (AvgIpc) is 2.85. The number of halogens is 3. The van der Waals surface area contributed by atoms with Crippen molar-refractivity contribution in [2.24, 2.45) is 11.8 Å². The fraction of sp³-hybridized carbons (Fsp3) is 0.500. The van der Waals surface area contributed by atoms with E-state index in [-0.39, 0.29) is 24.3 Å². The highest BCUT2D eigenvalue weighted by atomic mass is 19.1. The van der Waals surface area contributed by atoms with Crippen molar-refractivity contribution >= 4 is 0 Å². The Morgan fingerprint density at radius 1 is 0.909 bits per heavy atom. The molecule has 5 heteroatoms. The van der Waals surface area contributed by atoms with Gasteiger partial charge in [-0.25, -0.2) is 8.78 Å². The minimum atomic E-state index is -0.579. The van der Waals surface area contributed by atoms with E-state index in [1.54, 1.807) is 24.3 Å². The molecule has 0 bridgehead atoms. The van der Waals surface area contributed by atoms with Crippen LogP contribution in [0.25, 0.3) is 11.1 Å². The molecule has 0 unspecified atom stereocenters. The number of alkyl halides is 1. The third-order valence-corrected chi connectivity index (χ3v) is 7.03. The van der Waals surface area contributed by atoms with Crippen LogP contribution >= 0.6 is 0 Å². The Morgan fingerprint density at radius 2 is 1.67 bits per heavy atom. The summed E-state index contributed by atoms with van der Waals surface area (Å²) in [6.07, 6.45) is 8.77. The predicted octanol–water partition coefficient (Wildman–Crippen LogP) is 7.89. The molecule has 178 valence electrons. The second kappa shape index (κ2) is 11.3. The molecule has 2 aromatic rings. The van der Waals surface area contributed by atoms with E-state index in [0.717, 1.165) is 38.5 Å². The van der Waals surface area contributed by atoms with Crippen LogP contribution in [0.2, 0.25) is 0 Å². The molecule has 4 rings (SSSR count). The van der Waals surface area contributed by atoms with Gasteiger partial charge in [0.05, 0.1) is 19.9 Å². The zero-order valence-corrected chi connectivity index (χ0v) is 19.2. The first-order chi connectivity index (χ1) is 16.1. The molecule has 1 saturated heterocycles. The van der Waals surface area contributed by atoms with Crippen LogP contribution in [-0.4, -0.2) is 19.9 Å². The summed E-state index contributed by atoms with van der Waals surface area (Å²) in [6.45, 7) is 2.89. The Bertz CT molecular complexity index is 942. The lowest BCUT2D eigenvalue weighted by molar-refractivity contribution is -0.205. The molecule has 2 aliphatic rings. The molecule has 0 aromatic heterocycles. The predicted molar refractivity (Wildman–Crippen MR) is 125 cm³/mol. The van der Waals surface area contributed by atoms with Crippen LogP contribution in [-0.2, 0) is 9.47 Å². The maximum absolute atomic E-state index is 15.0. The lowest BCUT2D eigenvalue weighted by Crippen LogP contribution is -2.27. The Labute approximate surface area is 194 Å². The topological polar surface area (TPSA) is 18.5 Å². The molecule has 0 amide bonds. The van der Waals surface area contributed by atoms with Gasteiger partial charge in [-0.15, -0.1) is 0 Å². The summed E-state index contributed by atoms with van der Waals surface area (Å²) in [5.41, 5.74) is 2.14. The van der Waals surface area contributed by atoms with E-state index < -0.39 is 12.1 Å². The Balaban J connectivity index is 1.40. The molecule has 2 fully saturated rings. The molecule has 1 aliphatic carbocycles. The molecule has 0 N–H and O–H groups in total. The zero-order valence-electron chi connectivity index (χ0n) is 19.2. The van der Waals surface area contributed by atoms with Gasteiger partial charge in [-0.05, 0) is 80.5 Å². The van der Waals surface area contributed by atoms with Gasteiger partial charge in [-0.3, -0.25) is 4.39 Å². The molecule has 1 saturated carbocycles. The first-order valence-electron chi connectivity index (χ1n) is 12.1. The molecule has 2 nitrogen and oxygen atoms in total. The van der Waals surface area contributed by atoms with Gasteiger partial charge < -0.3 is 9.47 Å². The van der Waals surface area contributed by atoms with Crippen molar-refractivity contribution in [2.75, 3.05) is 19.9 Å². The van der Waals surface area contributed by atoms with Crippen LogP contribution in [0, 0.1) is 23.5 Å². The van der Waals surface area contributed by atoms with Crippen molar-refractivity contribution in [3.8, 4) is 11.1 Å². The van der Waals surface area contributed by atoms with Crippen LogP contribution in [0.1, 0.15) is 68.8 Å². The van der Waals surface area contributed by atoms with E-state index in [2.05, 4.69) is 6.08 Å². The highest BCUT2D eigenvalue weighted by Gasteiger charge is 2.26. The number of ether oxygens (including phenoxy) is 2. The number of rotatable bonds is 7. The standard InChI is InChI=1S/C28H33F3O2/c1-2-3-4-5-20-17-32-28(33-18-20)23-11-13-25(27(31)15-23)22-10-12-24(26(30)14-22)21-8-6-19(16-29)7-9-21/h2-3,10-15,19-21,28H,4-9,16-18H2,1H3/b3-2+. The summed E-state index contributed by atoms with van der Waals surface area (Å²) in [5, 5.41) is 0. The van der Waals surface area contributed by atoms with Crippen molar-refractivity contribution < 1.29 is 22.6 Å². The highest BCUT2D eigenvalue weighted by molar-refractivity contribution is 5.65. The smallest absolute Gasteiger partial charge is 0.183 e. The van der Waals surface area contributed by atoms with Crippen molar-refractivity contribution in [2.45, 2.75) is 57.7 Å². The summed E-state index contributed by atoms with van der Waals surface area (Å²) in [5.74, 6) is -0.183. The van der Waals surface area contributed by atoms with Gasteiger partial charge in [-0.2, -0.15) is 0 Å². The first-order valence-corrected chi connectivity index (χ1v) is 12.1. The molecular formula is C28H33F3O2. The van der Waals surface area contributed by atoms with Crippen LogP contribution in [0.4, 0.5) is 13.2 Å². The van der Waals surface area contributed by atoms with Gasteiger partial charge in [0.25, 0.3) is 0 Å². The number of hydrogen-bond donors (Lipinski definition) is 0. The van der Waals surface area contributed by atoms with E-state index in [1.807, 2.05) is 13.0 Å². The number of allylic oxidation sites excluding steroid dienone is 2. The fourth-order valence-corrected chi connectivity index (χ4v) is 4.97. The maximum atomic E-state index is 15.0. The minimum Gasteiger partial charge on any atom is -0.348 e. The Hall–Kier alpha value is -2.11. The van der Waals surface area contributed by atoms with Gasteiger partial charge in [-0.1, -0.05) is 36.4 Å². The fourth-order valence-electron chi connectivity index (χ4n) is 4.97. The van der Waals surface area contributed by atoms with Crippen molar-refractivity contribution in [1.29, 1.82) is 0 Å². The summed E-state index contributed by atoms with van der Waals surface area (Å²) in [6, 6.07) is 9.83. The number of hydrogen-bond acceptors (Lipinski definition) is 2. The molecule has 2 aromatic carbocycles. The summed E-state index contributed by atoms with van der Waals surface area (Å²) in [7, 11) is 0. The van der Waals surface area contributed by atoms with Crippen molar-refractivity contribution in [3.05, 3.63) is 71.3 Å². The molecule has 0 atom stereocenters. The van der Waals surface area contributed by atoms with E-state index in [9.17, 15) is 13.2 Å². The zero-order chi connectivity index (χ0) is 23.2. The molecule has 33 heavy (non-hydrogen) atoms. The number of benzene rings is 2. The molecule has 1 aliphatic heterocycles. The second-order valence-corrected chi connectivity index (χ2v) is 9.36. The van der Waals surface area contributed by atoms with E-state index in [1.165, 1.54) is 12.1 Å². The minimum absolute atomic E-state index is 0.108. The lowest BCUT2D eigenvalue weighted by atomic mass is 9.79. The SMILES string of the molecule is C/C=C/CCC1COC(c2ccc(-c3ccc(C4CCC(CF)CC4)c(F)c3)c(F)c2)OC1.